The van der Waals surface area contributed by atoms with Crippen LogP contribution in [0.25, 0.3) is 11.6 Å². The molecule has 3 nitrogen and oxygen atoms in total. The second-order valence-corrected chi connectivity index (χ2v) is 4.62. The summed E-state index contributed by atoms with van der Waals surface area (Å²) in [5, 5.41) is 0. The highest BCUT2D eigenvalue weighted by Crippen LogP contribution is 2.37. The average Bonchev–Trinajstić information content (AvgIpc) is 2.57. The molecule has 0 atom stereocenters. The topological polar surface area (TPSA) is 38.9 Å². The van der Waals surface area contributed by atoms with Crippen molar-refractivity contribution in [1.29, 1.82) is 0 Å². The molecule has 0 radical (unpaired) electrons. The molecule has 0 unspecified atom stereocenters. The van der Waals surface area contributed by atoms with E-state index in [0.29, 0.717) is 11.5 Å². The third kappa shape index (κ3) is 2.40. The number of halogens is 4. The lowest BCUT2D eigenvalue weighted by Crippen LogP contribution is -2.08. The number of hydrogen-bond donors (Lipinski definition) is 0. The Balaban J connectivity index is 2.64. The maximum Gasteiger partial charge on any atom is 0.418 e. The zero-order chi connectivity index (χ0) is 13.5. The minimum absolute atomic E-state index is 0.121. The van der Waals surface area contributed by atoms with Crippen LogP contribution in [0.5, 0.6) is 0 Å². The molecule has 2 rings (SSSR count). The SMILES string of the molecule is Cc1nc(-c2ncc(Br)cc2C(F)(F)F)oc1C. The summed E-state index contributed by atoms with van der Waals surface area (Å²) < 4.78 is 44.1. The number of rotatable bonds is 1. The van der Waals surface area contributed by atoms with E-state index in [2.05, 4.69) is 25.9 Å². The number of oxazole rings is 1. The molecule has 2 aromatic rings. The molecule has 0 aliphatic carbocycles. The Bertz CT molecular complexity index is 573. The standard InChI is InChI=1S/C11H8BrF3N2O/c1-5-6(2)18-10(17-5)9-8(11(13,14)15)3-7(12)4-16-9/h3-4H,1-2H3. The van der Waals surface area contributed by atoms with Crippen LogP contribution < -0.4 is 0 Å². The Morgan fingerprint density at radius 2 is 1.94 bits per heavy atom. The Morgan fingerprint density at radius 3 is 2.44 bits per heavy atom. The van der Waals surface area contributed by atoms with E-state index in [-0.39, 0.29) is 16.1 Å². The van der Waals surface area contributed by atoms with Crippen LogP contribution in [0.2, 0.25) is 0 Å². The zero-order valence-corrected chi connectivity index (χ0v) is 11.1. The fourth-order valence-corrected chi connectivity index (χ4v) is 1.73. The number of pyridine rings is 1. The average molecular weight is 321 g/mol. The maximum absolute atomic E-state index is 12.9. The molecule has 0 saturated heterocycles. The van der Waals surface area contributed by atoms with Gasteiger partial charge in [-0.25, -0.2) is 9.97 Å². The van der Waals surface area contributed by atoms with Gasteiger partial charge in [0.2, 0.25) is 5.89 Å². The zero-order valence-electron chi connectivity index (χ0n) is 9.47. The molecular formula is C11H8BrF3N2O. The van der Waals surface area contributed by atoms with Gasteiger partial charge < -0.3 is 4.42 Å². The smallest absolute Gasteiger partial charge is 0.418 e. The Hall–Kier alpha value is -1.37. The maximum atomic E-state index is 12.9. The van der Waals surface area contributed by atoms with Gasteiger partial charge in [-0.3, -0.25) is 0 Å². The van der Waals surface area contributed by atoms with Crippen molar-refractivity contribution >= 4 is 15.9 Å². The second kappa shape index (κ2) is 4.38. The summed E-state index contributed by atoms with van der Waals surface area (Å²) in [4.78, 5) is 7.69. The summed E-state index contributed by atoms with van der Waals surface area (Å²) >= 11 is 2.97. The third-order valence-electron chi connectivity index (χ3n) is 2.39. The molecule has 0 aliphatic rings. The molecule has 0 N–H and O–H groups in total. The molecular weight excluding hydrogens is 313 g/mol. The van der Waals surface area contributed by atoms with Crippen molar-refractivity contribution in [2.75, 3.05) is 0 Å². The van der Waals surface area contributed by atoms with Gasteiger partial charge in [0.15, 0.2) is 0 Å². The van der Waals surface area contributed by atoms with E-state index in [4.69, 9.17) is 4.42 Å². The van der Waals surface area contributed by atoms with E-state index in [0.717, 1.165) is 6.07 Å². The summed E-state index contributed by atoms with van der Waals surface area (Å²) in [5.41, 5.74) is -0.636. The van der Waals surface area contributed by atoms with E-state index in [1.54, 1.807) is 13.8 Å². The highest BCUT2D eigenvalue weighted by molar-refractivity contribution is 9.10. The van der Waals surface area contributed by atoms with E-state index in [1.807, 2.05) is 0 Å². The fourth-order valence-electron chi connectivity index (χ4n) is 1.40. The van der Waals surface area contributed by atoms with Gasteiger partial charge in [0.1, 0.15) is 11.5 Å². The number of hydrogen-bond acceptors (Lipinski definition) is 3. The molecule has 0 aliphatic heterocycles. The molecule has 0 spiro atoms. The van der Waals surface area contributed by atoms with Gasteiger partial charge in [0.25, 0.3) is 0 Å². The van der Waals surface area contributed by atoms with Crippen molar-refractivity contribution in [1.82, 2.24) is 9.97 Å². The van der Waals surface area contributed by atoms with Gasteiger partial charge in [-0.05, 0) is 35.8 Å². The molecule has 0 fully saturated rings. The molecule has 0 bridgehead atoms. The van der Waals surface area contributed by atoms with Gasteiger partial charge in [-0.1, -0.05) is 0 Å². The Morgan fingerprint density at radius 1 is 1.28 bits per heavy atom. The predicted octanol–water partition coefficient (Wildman–Crippen LogP) is 4.13. The molecule has 18 heavy (non-hydrogen) atoms. The summed E-state index contributed by atoms with van der Waals surface area (Å²) in [7, 11) is 0. The van der Waals surface area contributed by atoms with Crippen LogP contribution in [0.15, 0.2) is 21.2 Å². The lowest BCUT2D eigenvalue weighted by atomic mass is 10.2. The highest BCUT2D eigenvalue weighted by atomic mass is 79.9. The quantitative estimate of drug-likeness (QED) is 0.792. The summed E-state index contributed by atoms with van der Waals surface area (Å²) in [6, 6.07) is 0.956. The van der Waals surface area contributed by atoms with Crippen LogP contribution in [-0.4, -0.2) is 9.97 Å². The van der Waals surface area contributed by atoms with Crippen LogP contribution in [0, 0.1) is 13.8 Å². The summed E-state index contributed by atoms with van der Waals surface area (Å²) in [6.07, 6.45) is -3.23. The second-order valence-electron chi connectivity index (χ2n) is 3.71. The first-order chi connectivity index (χ1) is 8.29. The molecule has 2 heterocycles. The first-order valence-corrected chi connectivity index (χ1v) is 5.75. The summed E-state index contributed by atoms with van der Waals surface area (Å²) in [6.45, 7) is 3.30. The van der Waals surface area contributed by atoms with Crippen molar-refractivity contribution in [2.24, 2.45) is 0 Å². The van der Waals surface area contributed by atoms with Gasteiger partial charge in [-0.2, -0.15) is 13.2 Å². The van der Waals surface area contributed by atoms with Crippen molar-refractivity contribution in [2.45, 2.75) is 20.0 Å². The van der Waals surface area contributed by atoms with Gasteiger partial charge in [-0.15, -0.1) is 0 Å². The van der Waals surface area contributed by atoms with Crippen LogP contribution in [-0.2, 0) is 6.18 Å². The van der Waals surface area contributed by atoms with Gasteiger partial charge in [0.05, 0.1) is 11.3 Å². The number of nitrogens with zero attached hydrogens (tertiary/aromatic N) is 2. The van der Waals surface area contributed by atoms with E-state index in [1.165, 1.54) is 6.20 Å². The molecule has 7 heteroatoms. The lowest BCUT2D eigenvalue weighted by molar-refractivity contribution is -0.137. The van der Waals surface area contributed by atoms with Crippen LogP contribution >= 0.6 is 15.9 Å². The fraction of sp³-hybridized carbons (Fsp3) is 0.273. The minimum atomic E-state index is -4.51. The molecule has 2 aromatic heterocycles. The van der Waals surface area contributed by atoms with E-state index >= 15 is 0 Å². The molecule has 0 amide bonds. The van der Waals surface area contributed by atoms with Crippen molar-refractivity contribution in [3.63, 3.8) is 0 Å². The van der Waals surface area contributed by atoms with Crippen LogP contribution in [0.4, 0.5) is 13.2 Å². The first kappa shape index (κ1) is 13.1. The highest BCUT2D eigenvalue weighted by Gasteiger charge is 2.36. The van der Waals surface area contributed by atoms with E-state index in [9.17, 15) is 13.2 Å². The van der Waals surface area contributed by atoms with Crippen LogP contribution in [0.3, 0.4) is 0 Å². The predicted molar refractivity (Wildman–Crippen MR) is 61.9 cm³/mol. The third-order valence-corrected chi connectivity index (χ3v) is 2.82. The first-order valence-electron chi connectivity index (χ1n) is 4.96. The number of aromatic nitrogens is 2. The van der Waals surface area contributed by atoms with Crippen molar-refractivity contribution < 1.29 is 17.6 Å². The summed E-state index contributed by atoms with van der Waals surface area (Å²) in [5.74, 6) is 0.354. The number of aryl methyl sites for hydroxylation is 2. The Kier molecular flexibility index (Phi) is 3.18. The lowest BCUT2D eigenvalue weighted by Gasteiger charge is -2.09. The largest absolute Gasteiger partial charge is 0.440 e. The van der Waals surface area contributed by atoms with E-state index < -0.39 is 11.7 Å². The van der Waals surface area contributed by atoms with Crippen molar-refractivity contribution in [3.05, 3.63) is 33.8 Å². The monoisotopic (exact) mass is 320 g/mol. The normalized spacial score (nSPS) is 11.9. The van der Waals surface area contributed by atoms with Gasteiger partial charge >= 0.3 is 6.18 Å². The number of alkyl halides is 3. The van der Waals surface area contributed by atoms with Crippen LogP contribution in [0.1, 0.15) is 17.0 Å². The molecule has 0 aromatic carbocycles. The van der Waals surface area contributed by atoms with Crippen molar-refractivity contribution in [3.8, 4) is 11.6 Å². The van der Waals surface area contributed by atoms with Gasteiger partial charge in [0, 0.05) is 10.7 Å². The molecule has 96 valence electrons. The minimum Gasteiger partial charge on any atom is -0.440 e. The molecule has 0 saturated carbocycles. The Labute approximate surface area is 109 Å².